The average Bonchev–Trinajstić information content (AvgIpc) is 2.88. The lowest BCUT2D eigenvalue weighted by Crippen LogP contribution is -2.22. The highest BCUT2D eigenvalue weighted by atomic mass is 32.1. The van der Waals surface area contributed by atoms with Gasteiger partial charge in [0, 0.05) is 28.5 Å². The molecule has 8 heteroatoms. The number of nitrogens with one attached hydrogen (secondary N) is 1. The molecule has 0 bridgehead atoms. The van der Waals surface area contributed by atoms with Crippen molar-refractivity contribution in [1.29, 1.82) is 5.26 Å². The molecule has 0 fully saturated rings. The number of benzene rings is 1. The molecule has 0 saturated carbocycles. The van der Waals surface area contributed by atoms with E-state index >= 15 is 0 Å². The fourth-order valence-corrected chi connectivity index (χ4v) is 4.21. The molecule has 1 aliphatic heterocycles. The first-order valence-corrected chi connectivity index (χ1v) is 8.22. The summed E-state index contributed by atoms with van der Waals surface area (Å²) in [6, 6.07) is 8.32. The molecule has 7 nitrogen and oxygen atoms in total. The number of para-hydroxylation sites is 1. The van der Waals surface area contributed by atoms with E-state index < -0.39 is 10.8 Å². The number of ketones is 1. The summed E-state index contributed by atoms with van der Waals surface area (Å²) in [5.41, 5.74) is 8.26. The third kappa shape index (κ3) is 2.55. The van der Waals surface area contributed by atoms with Crippen LogP contribution in [0.25, 0.3) is 0 Å². The number of rotatable bonds is 3. The fourth-order valence-electron chi connectivity index (χ4n) is 3.19. The zero-order valence-electron chi connectivity index (χ0n) is 13.5. The number of hydrogen-bond acceptors (Lipinski definition) is 7. The van der Waals surface area contributed by atoms with Gasteiger partial charge in [0.25, 0.3) is 5.69 Å². The van der Waals surface area contributed by atoms with E-state index in [0.29, 0.717) is 32.3 Å². The normalized spacial score (nSPS) is 16.0. The number of nitriles is 1. The highest BCUT2D eigenvalue weighted by Gasteiger charge is 2.37. The van der Waals surface area contributed by atoms with E-state index in [-0.39, 0.29) is 17.2 Å². The number of carbonyl (C=O) groups is 1. The number of nitrogens with zero attached hydrogens (tertiary/aromatic N) is 2. The van der Waals surface area contributed by atoms with Crippen LogP contribution in [0.1, 0.15) is 35.8 Å². The van der Waals surface area contributed by atoms with Gasteiger partial charge in [-0.05, 0) is 13.8 Å². The topological polar surface area (TPSA) is 122 Å². The maximum Gasteiger partial charge on any atom is 0.273 e. The van der Waals surface area contributed by atoms with Crippen LogP contribution < -0.4 is 11.1 Å². The summed E-state index contributed by atoms with van der Waals surface area (Å²) in [4.78, 5) is 23.6. The van der Waals surface area contributed by atoms with Crippen molar-refractivity contribution in [2.45, 2.75) is 19.8 Å². The minimum atomic E-state index is -0.686. The maximum absolute atomic E-state index is 12.3. The van der Waals surface area contributed by atoms with Crippen LogP contribution in [0, 0.1) is 21.4 Å². The molecular formula is C17H14N4O3S. The number of anilines is 2. The number of carbonyl (C=O) groups excluding carboxylic acids is 1. The highest BCUT2D eigenvalue weighted by molar-refractivity contribution is 7.17. The Labute approximate surface area is 147 Å². The highest BCUT2D eigenvalue weighted by Crippen LogP contribution is 2.51. The number of nitro benzene ring substituents is 1. The molecule has 3 N–H and O–H groups in total. The number of nitro groups is 1. The van der Waals surface area contributed by atoms with Gasteiger partial charge in [-0.15, -0.1) is 11.3 Å². The first kappa shape index (κ1) is 16.7. The summed E-state index contributed by atoms with van der Waals surface area (Å²) >= 11 is 1.18. The molecule has 1 aromatic carbocycles. The van der Waals surface area contributed by atoms with Gasteiger partial charge in [0.15, 0.2) is 5.78 Å². The zero-order chi connectivity index (χ0) is 18.3. The molecule has 0 amide bonds. The summed E-state index contributed by atoms with van der Waals surface area (Å²) in [7, 11) is 0. The predicted octanol–water partition coefficient (Wildman–Crippen LogP) is 3.53. The SMILES string of the molecule is CC(=O)C1=C(C)Nc2sc(C#N)c(N)c2C1c1ccccc1[N+](=O)[O-]. The summed E-state index contributed by atoms with van der Waals surface area (Å²) in [6.45, 7) is 3.16. The molecule has 1 aliphatic rings. The van der Waals surface area contributed by atoms with E-state index in [9.17, 15) is 20.2 Å². The minimum Gasteiger partial charge on any atom is -0.397 e. The lowest BCUT2D eigenvalue weighted by Gasteiger charge is -2.28. The summed E-state index contributed by atoms with van der Waals surface area (Å²) in [6.07, 6.45) is 0. The molecule has 0 radical (unpaired) electrons. The predicted molar refractivity (Wildman–Crippen MR) is 95.4 cm³/mol. The van der Waals surface area contributed by atoms with Crippen molar-refractivity contribution in [3.63, 3.8) is 0 Å². The van der Waals surface area contributed by atoms with Crippen LogP contribution in [0.2, 0.25) is 0 Å². The van der Waals surface area contributed by atoms with Crippen molar-refractivity contribution < 1.29 is 9.72 Å². The lowest BCUT2D eigenvalue weighted by atomic mass is 9.80. The number of Topliss-reactive ketones (excluding diaryl/α,β-unsaturated/α-hetero) is 1. The van der Waals surface area contributed by atoms with Gasteiger partial charge in [-0.25, -0.2) is 0 Å². The summed E-state index contributed by atoms with van der Waals surface area (Å²) in [5.74, 6) is -0.892. The van der Waals surface area contributed by atoms with Gasteiger partial charge in [-0.1, -0.05) is 18.2 Å². The van der Waals surface area contributed by atoms with Gasteiger partial charge in [-0.3, -0.25) is 14.9 Å². The van der Waals surface area contributed by atoms with E-state index in [1.54, 1.807) is 25.1 Å². The zero-order valence-corrected chi connectivity index (χ0v) is 14.3. The van der Waals surface area contributed by atoms with Crippen molar-refractivity contribution in [3.8, 4) is 6.07 Å². The molecule has 0 saturated heterocycles. The number of fused-ring (bicyclic) bond motifs is 1. The molecular weight excluding hydrogens is 340 g/mol. The van der Waals surface area contributed by atoms with Crippen molar-refractivity contribution >= 4 is 33.5 Å². The van der Waals surface area contributed by atoms with Gasteiger partial charge >= 0.3 is 0 Å². The molecule has 1 aromatic heterocycles. The molecule has 2 aromatic rings. The Morgan fingerprint density at radius 1 is 1.44 bits per heavy atom. The van der Waals surface area contributed by atoms with Gasteiger partial charge in [0.05, 0.1) is 16.5 Å². The Morgan fingerprint density at radius 2 is 2.12 bits per heavy atom. The number of allylic oxidation sites excluding steroid dienone is 2. The van der Waals surface area contributed by atoms with Crippen LogP contribution in [0.15, 0.2) is 35.5 Å². The van der Waals surface area contributed by atoms with Gasteiger partial charge < -0.3 is 11.1 Å². The third-order valence-electron chi connectivity index (χ3n) is 4.19. The monoisotopic (exact) mass is 354 g/mol. The Morgan fingerprint density at radius 3 is 2.72 bits per heavy atom. The van der Waals surface area contributed by atoms with E-state index in [4.69, 9.17) is 5.73 Å². The van der Waals surface area contributed by atoms with E-state index in [0.717, 1.165) is 0 Å². The second-order valence-electron chi connectivity index (χ2n) is 5.67. The standard InChI is InChI=1S/C17H14N4O3S/c1-8-13(9(2)22)14(10-5-3-4-6-11(10)21(23)24)15-16(19)12(7-18)25-17(15)20-8/h3-6,14,20H,19H2,1-2H3. The Balaban J connectivity index is 2.37. The quantitative estimate of drug-likeness (QED) is 0.642. The van der Waals surface area contributed by atoms with Gasteiger partial charge in [0.2, 0.25) is 0 Å². The Kier molecular flexibility index (Phi) is 4.02. The van der Waals surface area contributed by atoms with Crippen molar-refractivity contribution in [2.75, 3.05) is 11.1 Å². The van der Waals surface area contributed by atoms with Crippen molar-refractivity contribution in [1.82, 2.24) is 0 Å². The molecule has 0 spiro atoms. The van der Waals surface area contributed by atoms with Crippen LogP contribution in [-0.2, 0) is 4.79 Å². The van der Waals surface area contributed by atoms with E-state index in [2.05, 4.69) is 5.32 Å². The molecule has 3 rings (SSSR count). The van der Waals surface area contributed by atoms with Crippen molar-refractivity contribution in [3.05, 3.63) is 61.7 Å². The number of nitrogen functional groups attached to an aromatic ring is 1. The molecule has 126 valence electrons. The smallest absolute Gasteiger partial charge is 0.273 e. The van der Waals surface area contributed by atoms with Crippen molar-refractivity contribution in [2.24, 2.45) is 0 Å². The van der Waals surface area contributed by atoms with Crippen LogP contribution in [0.4, 0.5) is 16.4 Å². The Bertz CT molecular complexity index is 984. The van der Waals surface area contributed by atoms with Crippen LogP contribution in [0.3, 0.4) is 0 Å². The molecule has 0 aliphatic carbocycles. The minimum absolute atomic E-state index is 0.0870. The van der Waals surface area contributed by atoms with E-state index in [1.165, 1.54) is 24.3 Å². The molecule has 1 unspecified atom stereocenters. The molecule has 1 atom stereocenters. The lowest BCUT2D eigenvalue weighted by molar-refractivity contribution is -0.385. The Hall–Kier alpha value is -3.18. The number of nitrogens with two attached hydrogens (primary N) is 1. The van der Waals surface area contributed by atoms with Crippen LogP contribution in [-0.4, -0.2) is 10.7 Å². The largest absolute Gasteiger partial charge is 0.397 e. The number of hydrogen-bond donors (Lipinski definition) is 2. The summed E-state index contributed by atoms with van der Waals surface area (Å²) < 4.78 is 0. The second kappa shape index (κ2) is 6.03. The first-order chi connectivity index (χ1) is 11.9. The number of thiophene rings is 1. The first-order valence-electron chi connectivity index (χ1n) is 7.41. The third-order valence-corrected chi connectivity index (χ3v) is 5.23. The van der Waals surface area contributed by atoms with Gasteiger partial charge in [-0.2, -0.15) is 5.26 Å². The fraction of sp³-hybridized carbons (Fsp3) is 0.176. The van der Waals surface area contributed by atoms with E-state index in [1.807, 2.05) is 6.07 Å². The average molecular weight is 354 g/mol. The summed E-state index contributed by atoms with van der Waals surface area (Å²) in [5, 5.41) is 24.5. The molecule has 2 heterocycles. The molecule has 25 heavy (non-hydrogen) atoms. The maximum atomic E-state index is 12.3. The van der Waals surface area contributed by atoms with Gasteiger partial charge in [0.1, 0.15) is 15.9 Å². The van der Waals surface area contributed by atoms with Crippen LogP contribution in [0.5, 0.6) is 0 Å². The second-order valence-corrected chi connectivity index (χ2v) is 6.69. The van der Waals surface area contributed by atoms with Crippen LogP contribution >= 0.6 is 11.3 Å².